The number of furan rings is 1. The number of carbonyl (C=O) groups is 2. The fourth-order valence-electron chi connectivity index (χ4n) is 2.67. The summed E-state index contributed by atoms with van der Waals surface area (Å²) in [7, 11) is 4.41. The predicted molar refractivity (Wildman–Crippen MR) is 78.6 cm³/mol. The van der Waals surface area contributed by atoms with E-state index in [4.69, 9.17) is 13.9 Å². The van der Waals surface area contributed by atoms with Crippen LogP contribution in [0.25, 0.3) is 0 Å². The lowest BCUT2D eigenvalue weighted by atomic mass is 9.83. The summed E-state index contributed by atoms with van der Waals surface area (Å²) in [5, 5.41) is 0. The molecule has 22 heavy (non-hydrogen) atoms. The maximum Gasteiger partial charge on any atom is 0.336 e. The third-order valence-electron chi connectivity index (χ3n) is 4.00. The minimum Gasteiger partial charge on any atom is -0.468 e. The second-order valence-corrected chi connectivity index (χ2v) is 4.99. The molecule has 2 heterocycles. The minimum absolute atomic E-state index is 0.367. The van der Waals surface area contributed by atoms with Gasteiger partial charge in [-0.05, 0) is 26.0 Å². The quantitative estimate of drug-likeness (QED) is 0.797. The molecule has 0 saturated heterocycles. The number of carbonyl (C=O) groups excluding carboxylic acids is 2. The Hall–Kier alpha value is -2.50. The molecule has 118 valence electrons. The Kier molecular flexibility index (Phi) is 4.40. The molecule has 6 heteroatoms. The van der Waals surface area contributed by atoms with E-state index in [0.29, 0.717) is 28.3 Å². The van der Waals surface area contributed by atoms with E-state index < -0.39 is 17.9 Å². The second-order valence-electron chi connectivity index (χ2n) is 4.99. The number of esters is 2. The van der Waals surface area contributed by atoms with Gasteiger partial charge in [-0.2, -0.15) is 0 Å². The lowest BCUT2D eigenvalue weighted by Crippen LogP contribution is -2.33. The Bertz CT molecular complexity index is 614. The number of rotatable bonds is 3. The number of nitrogens with zero attached hydrogens (tertiary/aromatic N) is 1. The standard InChI is InChI=1S/C16H19NO5/c1-9-12(15(18)20-4)14(11-7-6-8-22-11)13(16(19)21-5)10(2)17(9)3/h6-8,14H,1-5H3. The highest BCUT2D eigenvalue weighted by atomic mass is 16.5. The van der Waals surface area contributed by atoms with Crippen molar-refractivity contribution in [1.82, 2.24) is 4.90 Å². The van der Waals surface area contributed by atoms with E-state index in [1.807, 2.05) is 0 Å². The number of allylic oxidation sites excluding steroid dienone is 2. The Balaban J connectivity index is 2.71. The maximum absolute atomic E-state index is 12.3. The highest BCUT2D eigenvalue weighted by molar-refractivity contribution is 5.99. The fraction of sp³-hybridized carbons (Fsp3) is 0.375. The number of methoxy groups -OCH3 is 2. The van der Waals surface area contributed by atoms with Crippen molar-refractivity contribution in [3.05, 3.63) is 46.7 Å². The molecule has 0 saturated carbocycles. The molecule has 1 aromatic rings. The average Bonchev–Trinajstić information content (AvgIpc) is 3.05. The van der Waals surface area contributed by atoms with Crippen LogP contribution in [0, 0.1) is 0 Å². The Morgan fingerprint density at radius 2 is 1.59 bits per heavy atom. The van der Waals surface area contributed by atoms with E-state index in [0.717, 1.165) is 0 Å². The van der Waals surface area contributed by atoms with Crippen LogP contribution in [0.1, 0.15) is 25.5 Å². The van der Waals surface area contributed by atoms with Crippen LogP contribution in [0.4, 0.5) is 0 Å². The minimum atomic E-state index is -0.647. The van der Waals surface area contributed by atoms with Crippen molar-refractivity contribution in [3.63, 3.8) is 0 Å². The zero-order valence-electron chi connectivity index (χ0n) is 13.3. The normalized spacial score (nSPS) is 16.1. The number of hydrogen-bond acceptors (Lipinski definition) is 6. The van der Waals surface area contributed by atoms with Crippen molar-refractivity contribution in [2.75, 3.05) is 21.3 Å². The molecule has 1 aliphatic rings. The van der Waals surface area contributed by atoms with Crippen LogP contribution in [-0.4, -0.2) is 38.1 Å². The van der Waals surface area contributed by atoms with E-state index in [-0.39, 0.29) is 0 Å². The smallest absolute Gasteiger partial charge is 0.336 e. The van der Waals surface area contributed by atoms with Gasteiger partial charge in [0.15, 0.2) is 0 Å². The number of ether oxygens (including phenoxy) is 2. The zero-order chi connectivity index (χ0) is 16.4. The van der Waals surface area contributed by atoms with Gasteiger partial charge >= 0.3 is 11.9 Å². The molecule has 6 nitrogen and oxygen atoms in total. The Morgan fingerprint density at radius 1 is 1.09 bits per heavy atom. The van der Waals surface area contributed by atoms with Crippen LogP contribution >= 0.6 is 0 Å². The van der Waals surface area contributed by atoms with Crippen molar-refractivity contribution in [3.8, 4) is 0 Å². The SMILES string of the molecule is COC(=O)C1=C(C)N(C)C(C)=C(C(=O)OC)C1c1ccco1. The van der Waals surface area contributed by atoms with Gasteiger partial charge < -0.3 is 18.8 Å². The van der Waals surface area contributed by atoms with Gasteiger partial charge in [0.2, 0.25) is 0 Å². The summed E-state index contributed by atoms with van der Waals surface area (Å²) >= 11 is 0. The van der Waals surface area contributed by atoms with E-state index in [1.165, 1.54) is 20.5 Å². The van der Waals surface area contributed by atoms with Gasteiger partial charge in [-0.1, -0.05) is 0 Å². The molecule has 0 N–H and O–H groups in total. The van der Waals surface area contributed by atoms with Crippen LogP contribution in [0.15, 0.2) is 45.4 Å². The highest BCUT2D eigenvalue weighted by Gasteiger charge is 2.40. The first kappa shape index (κ1) is 15.9. The van der Waals surface area contributed by atoms with E-state index >= 15 is 0 Å². The molecular formula is C16H19NO5. The third kappa shape index (κ3) is 2.41. The van der Waals surface area contributed by atoms with Gasteiger partial charge in [0, 0.05) is 18.4 Å². The summed E-state index contributed by atoms with van der Waals surface area (Å²) in [5.74, 6) is -1.15. The topological polar surface area (TPSA) is 69.0 Å². The van der Waals surface area contributed by atoms with E-state index in [1.54, 1.807) is 37.9 Å². The van der Waals surface area contributed by atoms with Crippen molar-refractivity contribution >= 4 is 11.9 Å². The summed E-state index contributed by atoms with van der Waals surface area (Å²) in [5.41, 5.74) is 2.15. The molecule has 0 aliphatic carbocycles. The van der Waals surface area contributed by atoms with Crippen molar-refractivity contribution in [1.29, 1.82) is 0 Å². The molecule has 0 fully saturated rings. The van der Waals surface area contributed by atoms with E-state index in [2.05, 4.69) is 0 Å². The van der Waals surface area contributed by atoms with Crippen molar-refractivity contribution in [2.45, 2.75) is 19.8 Å². The maximum atomic E-state index is 12.3. The van der Waals surface area contributed by atoms with Gasteiger partial charge in [0.05, 0.1) is 37.5 Å². The molecule has 0 atom stereocenters. The van der Waals surface area contributed by atoms with Crippen molar-refractivity contribution < 1.29 is 23.5 Å². The first-order valence-electron chi connectivity index (χ1n) is 6.79. The first-order chi connectivity index (χ1) is 10.4. The molecule has 0 radical (unpaired) electrons. The molecule has 0 aromatic carbocycles. The number of hydrogen-bond donors (Lipinski definition) is 0. The first-order valence-corrected chi connectivity index (χ1v) is 6.79. The third-order valence-corrected chi connectivity index (χ3v) is 4.00. The van der Waals surface area contributed by atoms with Gasteiger partial charge in [-0.25, -0.2) is 9.59 Å². The van der Waals surface area contributed by atoms with Crippen LogP contribution in [0.5, 0.6) is 0 Å². The van der Waals surface area contributed by atoms with Crippen molar-refractivity contribution in [2.24, 2.45) is 0 Å². The summed E-state index contributed by atoms with van der Waals surface area (Å²) in [6.07, 6.45) is 1.50. The molecule has 0 bridgehead atoms. The molecule has 0 amide bonds. The lowest BCUT2D eigenvalue weighted by Gasteiger charge is -2.34. The molecular weight excluding hydrogens is 286 g/mol. The van der Waals surface area contributed by atoms with Crippen LogP contribution < -0.4 is 0 Å². The van der Waals surface area contributed by atoms with Gasteiger partial charge in [-0.15, -0.1) is 0 Å². The monoisotopic (exact) mass is 305 g/mol. The molecule has 2 rings (SSSR count). The second kappa shape index (κ2) is 6.09. The Labute approximate surface area is 129 Å². The lowest BCUT2D eigenvalue weighted by molar-refractivity contribution is -0.137. The van der Waals surface area contributed by atoms with Gasteiger partial charge in [0.25, 0.3) is 0 Å². The van der Waals surface area contributed by atoms with Crippen LogP contribution in [0.3, 0.4) is 0 Å². The predicted octanol–water partition coefficient (Wildman–Crippen LogP) is 2.20. The Morgan fingerprint density at radius 3 is 1.95 bits per heavy atom. The summed E-state index contributed by atoms with van der Waals surface area (Å²) in [4.78, 5) is 26.3. The van der Waals surface area contributed by atoms with Crippen LogP contribution in [0.2, 0.25) is 0 Å². The largest absolute Gasteiger partial charge is 0.468 e. The average molecular weight is 305 g/mol. The summed E-state index contributed by atoms with van der Waals surface area (Å²) in [6, 6.07) is 3.44. The fourth-order valence-corrected chi connectivity index (χ4v) is 2.67. The summed E-state index contributed by atoms with van der Waals surface area (Å²) < 4.78 is 15.2. The van der Waals surface area contributed by atoms with E-state index in [9.17, 15) is 9.59 Å². The van der Waals surface area contributed by atoms with Crippen LogP contribution in [-0.2, 0) is 19.1 Å². The molecule has 0 unspecified atom stereocenters. The van der Waals surface area contributed by atoms with Gasteiger partial charge in [-0.3, -0.25) is 0 Å². The van der Waals surface area contributed by atoms with Gasteiger partial charge in [0.1, 0.15) is 5.76 Å². The molecule has 1 aromatic heterocycles. The zero-order valence-corrected chi connectivity index (χ0v) is 13.3. The highest BCUT2D eigenvalue weighted by Crippen LogP contribution is 2.42. The molecule has 1 aliphatic heterocycles. The summed E-state index contributed by atoms with van der Waals surface area (Å²) in [6.45, 7) is 3.61. The molecule has 0 spiro atoms.